The second kappa shape index (κ2) is 8.80. The molecule has 0 bridgehead atoms. The number of hydrogen-bond acceptors (Lipinski definition) is 7. The van der Waals surface area contributed by atoms with Gasteiger partial charge in [0, 0.05) is 36.2 Å². The summed E-state index contributed by atoms with van der Waals surface area (Å²) >= 11 is 6.44. The number of hydrogen-bond donors (Lipinski definition) is 3. The van der Waals surface area contributed by atoms with Gasteiger partial charge in [0.1, 0.15) is 17.2 Å². The molecule has 2 aromatic carbocycles. The first-order valence-electron chi connectivity index (χ1n) is 11.9. The van der Waals surface area contributed by atoms with Crippen molar-refractivity contribution in [2.75, 3.05) is 24.5 Å². The zero-order chi connectivity index (χ0) is 25.7. The largest absolute Gasteiger partial charge is 0.355 e. The average Bonchev–Trinajstić information content (AvgIpc) is 3.37. The number of aromatic nitrogens is 4. The van der Waals surface area contributed by atoms with Crippen molar-refractivity contribution >= 4 is 34.5 Å². The second-order valence-electron chi connectivity index (χ2n) is 9.43. The van der Waals surface area contributed by atoms with E-state index in [4.69, 9.17) is 27.6 Å². The smallest absolute Gasteiger partial charge is 0.264 e. The molecule has 3 heterocycles. The number of nitriles is 1. The van der Waals surface area contributed by atoms with Crippen LogP contribution in [-0.4, -0.2) is 45.7 Å². The van der Waals surface area contributed by atoms with E-state index in [1.54, 1.807) is 30.6 Å². The van der Waals surface area contributed by atoms with Crippen molar-refractivity contribution in [1.29, 1.82) is 5.26 Å². The Kier molecular flexibility index (Phi) is 5.55. The van der Waals surface area contributed by atoms with Crippen molar-refractivity contribution < 1.29 is 9.18 Å². The van der Waals surface area contributed by atoms with E-state index in [1.165, 1.54) is 12.1 Å². The minimum Gasteiger partial charge on any atom is -0.355 e. The number of H-pyrrole nitrogens is 1. The van der Waals surface area contributed by atoms with Crippen LogP contribution in [0.2, 0.25) is 5.02 Å². The average molecular weight is 517 g/mol. The van der Waals surface area contributed by atoms with Gasteiger partial charge in [0.2, 0.25) is 5.65 Å². The Morgan fingerprint density at radius 1 is 1.32 bits per heavy atom. The minimum atomic E-state index is -0.539. The number of nitrogens with two attached hydrogens (primary N) is 1. The van der Waals surface area contributed by atoms with E-state index >= 15 is 0 Å². The summed E-state index contributed by atoms with van der Waals surface area (Å²) in [5.41, 5.74) is 9.02. The highest BCUT2D eigenvalue weighted by atomic mass is 35.5. The fourth-order valence-electron chi connectivity index (χ4n) is 5.94. The van der Waals surface area contributed by atoms with E-state index in [-0.39, 0.29) is 22.7 Å². The quantitative estimate of drug-likeness (QED) is 0.273. The molecule has 0 unspecified atom stereocenters. The lowest BCUT2D eigenvalue weighted by molar-refractivity contribution is 0.0973. The van der Waals surface area contributed by atoms with Gasteiger partial charge in [0.25, 0.3) is 5.91 Å². The number of amides is 1. The van der Waals surface area contributed by atoms with Gasteiger partial charge in [-0.1, -0.05) is 35.9 Å². The maximum Gasteiger partial charge on any atom is 0.264 e. The maximum absolute atomic E-state index is 14.7. The van der Waals surface area contributed by atoms with E-state index in [2.05, 4.69) is 25.4 Å². The predicted octanol–water partition coefficient (Wildman–Crippen LogP) is 3.38. The highest BCUT2D eigenvalue weighted by Gasteiger charge is 2.66. The van der Waals surface area contributed by atoms with Gasteiger partial charge < -0.3 is 10.6 Å². The van der Waals surface area contributed by atoms with Crippen LogP contribution in [0.3, 0.4) is 0 Å². The van der Waals surface area contributed by atoms with Gasteiger partial charge >= 0.3 is 0 Å². The lowest BCUT2D eigenvalue weighted by Crippen LogP contribution is -2.32. The molecule has 1 saturated carbocycles. The van der Waals surface area contributed by atoms with Crippen molar-refractivity contribution in [2.45, 2.75) is 11.8 Å². The molecule has 6 rings (SSSR count). The molecule has 186 valence electrons. The van der Waals surface area contributed by atoms with E-state index in [0.29, 0.717) is 57.8 Å². The summed E-state index contributed by atoms with van der Waals surface area (Å²) in [5, 5.41) is 18.3. The van der Waals surface area contributed by atoms with Gasteiger partial charge in [-0.25, -0.2) is 14.4 Å². The fraction of sp³-hybridized carbons (Fsp3) is 0.269. The van der Waals surface area contributed by atoms with Crippen molar-refractivity contribution in [1.82, 2.24) is 25.5 Å². The summed E-state index contributed by atoms with van der Waals surface area (Å²) in [6.07, 6.45) is 4.20. The third-order valence-electron chi connectivity index (χ3n) is 7.79. The standard InChI is InChI=1S/C26H22ClFN8O/c27-19-9-14(25(37)32-13-30)5-6-15(19)22-23-24(35-34-22)33-21(10-31-23)36-8-7-16-18(11-36)26(16,12-29)17-3-1-2-4-20(17)28/h1-6,9-10,16,18H,7-8,11-12,29H2,(H,32,37)(H,33,34,35)/t16-,18+,26-/m1/s1. The Morgan fingerprint density at radius 2 is 2.16 bits per heavy atom. The Bertz CT molecular complexity index is 1580. The number of carbonyl (C=O) groups is 1. The summed E-state index contributed by atoms with van der Waals surface area (Å²) in [4.78, 5) is 23.4. The molecule has 2 aromatic heterocycles. The molecule has 1 aliphatic heterocycles. The number of nitrogens with one attached hydrogen (secondary N) is 2. The van der Waals surface area contributed by atoms with Crippen molar-refractivity contribution in [3.8, 4) is 17.5 Å². The first-order valence-corrected chi connectivity index (χ1v) is 12.3. The minimum absolute atomic E-state index is 0.198. The maximum atomic E-state index is 14.7. The third kappa shape index (κ3) is 3.62. The molecule has 1 amide bonds. The fourth-order valence-corrected chi connectivity index (χ4v) is 6.22. The van der Waals surface area contributed by atoms with Crippen LogP contribution in [0.5, 0.6) is 0 Å². The van der Waals surface area contributed by atoms with Crippen molar-refractivity contribution in [3.63, 3.8) is 0 Å². The number of aromatic amines is 1. The van der Waals surface area contributed by atoms with Crippen LogP contribution in [-0.2, 0) is 5.41 Å². The van der Waals surface area contributed by atoms with Gasteiger partial charge in [-0.3, -0.25) is 15.2 Å². The Morgan fingerprint density at radius 3 is 2.92 bits per heavy atom. The molecule has 4 N–H and O–H groups in total. The molecule has 1 saturated heterocycles. The number of nitrogens with zero attached hydrogens (tertiary/aromatic N) is 5. The van der Waals surface area contributed by atoms with Crippen molar-refractivity contribution in [2.24, 2.45) is 17.6 Å². The summed E-state index contributed by atoms with van der Waals surface area (Å²) in [5.74, 6) is 0.551. The number of piperidine rings is 1. The number of benzene rings is 2. The Balaban J connectivity index is 1.26. The van der Waals surface area contributed by atoms with Crippen LogP contribution in [0, 0.1) is 29.1 Å². The first-order chi connectivity index (χ1) is 18.0. The third-order valence-corrected chi connectivity index (χ3v) is 8.10. The van der Waals surface area contributed by atoms with Crippen LogP contribution in [0.25, 0.3) is 22.4 Å². The molecule has 1 aliphatic carbocycles. The monoisotopic (exact) mass is 516 g/mol. The first kappa shape index (κ1) is 23.3. The number of rotatable bonds is 5. The summed E-state index contributed by atoms with van der Waals surface area (Å²) in [6.45, 7) is 1.89. The van der Waals surface area contributed by atoms with Gasteiger partial charge in [0.15, 0.2) is 6.19 Å². The summed E-state index contributed by atoms with van der Waals surface area (Å²) in [7, 11) is 0. The van der Waals surface area contributed by atoms with E-state index < -0.39 is 5.91 Å². The Hall–Kier alpha value is -4.07. The van der Waals surface area contributed by atoms with Gasteiger partial charge in [-0.05, 0) is 42.0 Å². The number of anilines is 1. The topological polar surface area (TPSA) is 137 Å². The molecule has 37 heavy (non-hydrogen) atoms. The molecule has 3 atom stereocenters. The van der Waals surface area contributed by atoms with Gasteiger partial charge in [0.05, 0.1) is 16.9 Å². The molecule has 4 aromatic rings. The highest BCUT2D eigenvalue weighted by Crippen LogP contribution is 2.63. The van der Waals surface area contributed by atoms with Gasteiger partial charge in [-0.2, -0.15) is 10.4 Å². The lowest BCUT2D eigenvalue weighted by atomic mass is 9.91. The lowest BCUT2D eigenvalue weighted by Gasteiger charge is -2.26. The summed E-state index contributed by atoms with van der Waals surface area (Å²) < 4.78 is 14.7. The molecule has 9 nitrogen and oxygen atoms in total. The van der Waals surface area contributed by atoms with Crippen LogP contribution in [0.1, 0.15) is 22.3 Å². The normalized spacial score (nSPS) is 22.4. The van der Waals surface area contributed by atoms with Crippen LogP contribution >= 0.6 is 11.6 Å². The van der Waals surface area contributed by atoms with Crippen LogP contribution in [0.15, 0.2) is 48.7 Å². The second-order valence-corrected chi connectivity index (χ2v) is 9.84. The molecule has 0 radical (unpaired) electrons. The Labute approximate surface area is 216 Å². The highest BCUT2D eigenvalue weighted by molar-refractivity contribution is 6.34. The summed E-state index contributed by atoms with van der Waals surface area (Å²) in [6, 6.07) is 11.7. The molecular weight excluding hydrogens is 495 g/mol. The molecule has 2 fully saturated rings. The zero-order valence-electron chi connectivity index (χ0n) is 19.6. The number of halogens is 2. The number of carbonyl (C=O) groups excluding carboxylic acids is 1. The molecule has 2 aliphatic rings. The van der Waals surface area contributed by atoms with Crippen LogP contribution in [0.4, 0.5) is 10.2 Å². The predicted molar refractivity (Wildman–Crippen MR) is 136 cm³/mol. The molecule has 0 spiro atoms. The van der Waals surface area contributed by atoms with Crippen LogP contribution < -0.4 is 16.0 Å². The number of fused-ring (bicyclic) bond motifs is 2. The zero-order valence-corrected chi connectivity index (χ0v) is 20.3. The van der Waals surface area contributed by atoms with Crippen molar-refractivity contribution in [3.05, 3.63) is 70.6 Å². The van der Waals surface area contributed by atoms with E-state index in [1.807, 2.05) is 12.1 Å². The van der Waals surface area contributed by atoms with E-state index in [9.17, 15) is 9.18 Å². The molecular formula is C26H22ClFN8O. The van der Waals surface area contributed by atoms with Gasteiger partial charge in [-0.15, -0.1) is 0 Å². The SMILES string of the molecule is N#CNC(=O)c1ccc(-c2[nH]nc3nc(N4CC[C@@H]5[C@H](C4)[C@@]5(CN)c4ccccc4F)cnc23)c(Cl)c1. The van der Waals surface area contributed by atoms with E-state index in [0.717, 1.165) is 13.0 Å². The molecule has 11 heteroatoms.